The van der Waals surface area contributed by atoms with Crippen LogP contribution in [0.25, 0.3) is 0 Å². The van der Waals surface area contributed by atoms with Gasteiger partial charge in [-0.3, -0.25) is 0 Å². The third-order valence-corrected chi connectivity index (χ3v) is 7.35. The second-order valence-electron chi connectivity index (χ2n) is 9.83. The Morgan fingerprint density at radius 3 is 2.41 bits per heavy atom. The van der Waals surface area contributed by atoms with Crippen LogP contribution in [0.3, 0.4) is 0 Å². The van der Waals surface area contributed by atoms with Gasteiger partial charge >= 0.3 is 0 Å². The average molecular weight is 309 g/mol. The molecule has 0 aromatic carbocycles. The lowest BCUT2D eigenvalue weighted by atomic mass is 9.51. The largest absolute Gasteiger partial charge is 0.393 e. The van der Waals surface area contributed by atoms with Crippen LogP contribution in [0.1, 0.15) is 73.6 Å². The van der Waals surface area contributed by atoms with E-state index in [0.717, 1.165) is 24.2 Å². The van der Waals surface area contributed by atoms with Crippen molar-refractivity contribution in [3.8, 4) is 0 Å². The van der Waals surface area contributed by atoms with Crippen molar-refractivity contribution in [1.29, 1.82) is 0 Å². The van der Waals surface area contributed by atoms with Crippen molar-refractivity contribution in [3.05, 3.63) is 0 Å². The van der Waals surface area contributed by atoms with Gasteiger partial charge in [-0.15, -0.1) is 0 Å². The molecule has 3 saturated carbocycles. The molecule has 0 aromatic heterocycles. The molecule has 0 aromatic rings. The van der Waals surface area contributed by atoms with Gasteiger partial charge in [0.2, 0.25) is 0 Å². The zero-order valence-corrected chi connectivity index (χ0v) is 15.4. The van der Waals surface area contributed by atoms with Crippen LogP contribution in [-0.4, -0.2) is 22.9 Å². The second-order valence-corrected chi connectivity index (χ2v) is 9.83. The molecule has 0 aliphatic heterocycles. The Balaban J connectivity index is 1.83. The molecule has 3 fully saturated rings. The Morgan fingerprint density at radius 1 is 1.09 bits per heavy atom. The van der Waals surface area contributed by atoms with E-state index in [2.05, 4.69) is 41.5 Å². The first kappa shape index (κ1) is 16.8. The molecular formula is C20H36O2. The zero-order chi connectivity index (χ0) is 16.3. The molecule has 1 N–H and O–H groups in total. The summed E-state index contributed by atoms with van der Waals surface area (Å²) in [6.07, 6.45) is 6.46. The summed E-state index contributed by atoms with van der Waals surface area (Å²) in [6, 6.07) is 0. The molecule has 0 saturated heterocycles. The van der Waals surface area contributed by atoms with Crippen molar-refractivity contribution in [2.24, 2.45) is 35.0 Å². The minimum absolute atomic E-state index is 0.0406. The summed E-state index contributed by atoms with van der Waals surface area (Å²) in [7, 11) is 0. The number of hydrogen-bond acceptors (Lipinski definition) is 2. The Bertz CT molecular complexity index is 412. The minimum atomic E-state index is -0.0800. The molecule has 3 rings (SSSR count). The number of rotatable bonds is 1. The van der Waals surface area contributed by atoms with Gasteiger partial charge < -0.3 is 9.84 Å². The lowest BCUT2D eigenvalue weighted by Gasteiger charge is -2.55. The van der Waals surface area contributed by atoms with Gasteiger partial charge in [0.15, 0.2) is 0 Å². The van der Waals surface area contributed by atoms with Gasteiger partial charge in [0.25, 0.3) is 0 Å². The highest BCUT2D eigenvalue weighted by Gasteiger charge is 2.58. The van der Waals surface area contributed by atoms with Crippen LogP contribution in [0.15, 0.2) is 0 Å². The molecule has 0 heterocycles. The van der Waals surface area contributed by atoms with E-state index in [1.165, 1.54) is 25.7 Å². The topological polar surface area (TPSA) is 29.5 Å². The van der Waals surface area contributed by atoms with E-state index in [1.54, 1.807) is 0 Å². The predicted molar refractivity (Wildman–Crippen MR) is 90.6 cm³/mol. The van der Waals surface area contributed by atoms with E-state index in [1.807, 2.05) is 0 Å². The fraction of sp³-hybridized carbons (Fsp3) is 1.00. The second kappa shape index (κ2) is 5.48. The van der Waals surface area contributed by atoms with Crippen LogP contribution in [0.4, 0.5) is 0 Å². The van der Waals surface area contributed by atoms with E-state index in [-0.39, 0.29) is 11.7 Å². The van der Waals surface area contributed by atoms with Crippen molar-refractivity contribution >= 4 is 0 Å². The van der Waals surface area contributed by atoms with Gasteiger partial charge in [0.05, 0.1) is 17.8 Å². The van der Waals surface area contributed by atoms with Crippen LogP contribution in [0.2, 0.25) is 0 Å². The summed E-state index contributed by atoms with van der Waals surface area (Å²) < 4.78 is 6.48. The molecule has 2 heteroatoms. The lowest BCUT2D eigenvalue weighted by molar-refractivity contribution is -0.151. The number of aliphatic hydroxyl groups excluding tert-OH is 1. The highest BCUT2D eigenvalue weighted by molar-refractivity contribution is 5.07. The first-order valence-electron chi connectivity index (χ1n) is 9.49. The van der Waals surface area contributed by atoms with Crippen molar-refractivity contribution in [2.75, 3.05) is 0 Å². The molecule has 3 aliphatic rings. The van der Waals surface area contributed by atoms with E-state index >= 15 is 0 Å². The summed E-state index contributed by atoms with van der Waals surface area (Å²) in [4.78, 5) is 0. The van der Waals surface area contributed by atoms with Crippen molar-refractivity contribution in [1.82, 2.24) is 0 Å². The standard InChI is InChI=1S/C20H36O2/c1-12-11-16(21)13(2)14-9-10-20(6)15(18(12)14)7-8-17(20)22-19(3,4)5/h12-18,21H,7-11H2,1-6H3/t12-,13-,14+,15-,16+,17+,18+,20+/m1/s1. The molecule has 3 aliphatic carbocycles. The summed E-state index contributed by atoms with van der Waals surface area (Å²) in [5.74, 6) is 3.46. The minimum Gasteiger partial charge on any atom is -0.393 e. The third kappa shape index (κ3) is 2.65. The Kier molecular flexibility index (Phi) is 4.18. The highest BCUT2D eigenvalue weighted by atomic mass is 16.5. The SMILES string of the molecule is C[C@@H]1[C@@H]2CC[C@]3(C)[C@@H](OC(C)(C)C)CC[C@@H]3[C@H]2[C@H](C)C[C@@H]1O. The monoisotopic (exact) mass is 308 g/mol. The van der Waals surface area contributed by atoms with E-state index in [4.69, 9.17) is 4.74 Å². The molecule has 22 heavy (non-hydrogen) atoms. The zero-order valence-electron chi connectivity index (χ0n) is 15.4. The molecule has 0 unspecified atom stereocenters. The fourth-order valence-electron chi connectivity index (χ4n) is 6.27. The molecular weight excluding hydrogens is 272 g/mol. The number of fused-ring (bicyclic) bond motifs is 3. The molecule has 0 spiro atoms. The fourth-order valence-corrected chi connectivity index (χ4v) is 6.27. The van der Waals surface area contributed by atoms with Gasteiger partial charge in [0, 0.05) is 0 Å². The Labute approximate surface area is 137 Å². The van der Waals surface area contributed by atoms with Gasteiger partial charge in [-0.05, 0) is 87.9 Å². The van der Waals surface area contributed by atoms with Crippen LogP contribution < -0.4 is 0 Å². The summed E-state index contributed by atoms with van der Waals surface area (Å²) in [5, 5.41) is 10.4. The average Bonchev–Trinajstić information content (AvgIpc) is 2.71. The van der Waals surface area contributed by atoms with Crippen LogP contribution in [-0.2, 0) is 4.74 Å². The first-order valence-corrected chi connectivity index (χ1v) is 9.49. The smallest absolute Gasteiger partial charge is 0.0638 e. The van der Waals surface area contributed by atoms with E-state index in [0.29, 0.717) is 23.4 Å². The molecule has 0 amide bonds. The number of hydrogen-bond donors (Lipinski definition) is 1. The normalized spacial score (nSPS) is 52.2. The lowest BCUT2D eigenvalue weighted by Crippen LogP contribution is -2.52. The van der Waals surface area contributed by atoms with E-state index in [9.17, 15) is 5.11 Å². The van der Waals surface area contributed by atoms with Crippen LogP contribution in [0.5, 0.6) is 0 Å². The number of aliphatic hydroxyl groups is 1. The number of ether oxygens (including phenoxy) is 1. The van der Waals surface area contributed by atoms with Crippen LogP contribution >= 0.6 is 0 Å². The maximum atomic E-state index is 10.4. The van der Waals surface area contributed by atoms with Gasteiger partial charge in [-0.2, -0.15) is 0 Å². The predicted octanol–water partition coefficient (Wildman–Crippen LogP) is 4.65. The first-order chi connectivity index (χ1) is 10.1. The maximum absolute atomic E-state index is 10.4. The summed E-state index contributed by atoms with van der Waals surface area (Å²) >= 11 is 0. The third-order valence-electron chi connectivity index (χ3n) is 7.35. The van der Waals surface area contributed by atoms with Gasteiger partial charge in [-0.1, -0.05) is 20.8 Å². The Hall–Kier alpha value is -0.0800. The molecule has 8 atom stereocenters. The highest BCUT2D eigenvalue weighted by Crippen LogP contribution is 2.62. The van der Waals surface area contributed by atoms with Crippen molar-refractivity contribution < 1.29 is 9.84 Å². The van der Waals surface area contributed by atoms with Gasteiger partial charge in [0.1, 0.15) is 0 Å². The van der Waals surface area contributed by atoms with Crippen molar-refractivity contribution in [2.45, 2.75) is 91.5 Å². The summed E-state index contributed by atoms with van der Waals surface area (Å²) in [5.41, 5.74) is 0.311. The van der Waals surface area contributed by atoms with Gasteiger partial charge in [-0.25, -0.2) is 0 Å². The molecule has 0 bridgehead atoms. The van der Waals surface area contributed by atoms with Crippen LogP contribution in [0, 0.1) is 35.0 Å². The molecule has 0 radical (unpaired) electrons. The maximum Gasteiger partial charge on any atom is 0.0638 e. The molecule has 2 nitrogen and oxygen atoms in total. The quantitative estimate of drug-likeness (QED) is 0.764. The molecule has 128 valence electrons. The van der Waals surface area contributed by atoms with Crippen molar-refractivity contribution in [3.63, 3.8) is 0 Å². The van der Waals surface area contributed by atoms with E-state index < -0.39 is 0 Å². The Morgan fingerprint density at radius 2 is 1.77 bits per heavy atom. The summed E-state index contributed by atoms with van der Waals surface area (Å²) in [6.45, 7) is 13.7.